The minimum absolute atomic E-state index is 0. The summed E-state index contributed by atoms with van der Waals surface area (Å²) in [5.41, 5.74) is 20.6. The Morgan fingerprint density at radius 3 is 1.00 bits per heavy atom. The van der Waals surface area contributed by atoms with Crippen LogP contribution in [0.1, 0.15) is 0 Å². The second-order valence-corrected chi connectivity index (χ2v) is 19.6. The molecule has 0 spiro atoms. The van der Waals surface area contributed by atoms with E-state index >= 15 is 0 Å². The molecule has 3 aromatic heterocycles. The number of fused-ring (bicyclic) bond motifs is 6. The largest absolute Gasteiger partial charge is 3.00 e. The van der Waals surface area contributed by atoms with Crippen LogP contribution in [0.2, 0.25) is 0 Å². The summed E-state index contributed by atoms with van der Waals surface area (Å²) in [6.45, 7) is 0. The first-order chi connectivity index (χ1) is 38.7. The number of nitrogens with zero attached hydrogens (tertiary/aromatic N) is 3. The molecule has 0 saturated heterocycles. The van der Waals surface area contributed by atoms with Crippen molar-refractivity contribution in [1.82, 2.24) is 15.0 Å². The van der Waals surface area contributed by atoms with E-state index in [1.807, 2.05) is 73.1 Å². The van der Waals surface area contributed by atoms with Crippen molar-refractivity contribution in [2.75, 3.05) is 0 Å². The summed E-state index contributed by atoms with van der Waals surface area (Å²) in [6, 6.07) is 103. The Balaban J connectivity index is 0.00000591. The topological polar surface area (TPSA) is 38.7 Å². The van der Waals surface area contributed by atoms with Crippen molar-refractivity contribution in [2.45, 2.75) is 0 Å². The number of aromatic nitrogens is 3. The van der Waals surface area contributed by atoms with Gasteiger partial charge in [0, 0.05) is 24.2 Å². The molecule has 14 rings (SSSR count). The SMILES string of the molecule is [Ir+3].[c-]1ccccc1-c1ccc(-c2ccccc2-c2cc(-c3ccccc3-c3ccc(-c4[c-]cccc4)nc3)cc(-c3ccccc3-c3cnc(-c4[c-]cccc4)cc3-c3ccc4c5ccccc5c5ccccc5c4c3)c2)cn1. The first-order valence-corrected chi connectivity index (χ1v) is 26.3. The fraction of sp³-hybridized carbons (Fsp3) is 0. The van der Waals surface area contributed by atoms with Gasteiger partial charge < -0.3 is 15.0 Å². The molecule has 0 aliphatic heterocycles. The van der Waals surface area contributed by atoms with Crippen LogP contribution in [0.5, 0.6) is 0 Å². The third kappa shape index (κ3) is 9.34. The molecular weight excluding hydrogens is 1140 g/mol. The average Bonchev–Trinajstić information content (AvgIpc) is 3.70. The molecule has 0 fully saturated rings. The van der Waals surface area contributed by atoms with Gasteiger partial charge in [-0.25, -0.2) is 0 Å². The van der Waals surface area contributed by atoms with E-state index < -0.39 is 0 Å². The minimum atomic E-state index is 0. The Kier molecular flexibility index (Phi) is 13.2. The van der Waals surface area contributed by atoms with Crippen LogP contribution in [0.15, 0.2) is 279 Å². The van der Waals surface area contributed by atoms with Gasteiger partial charge in [0.05, 0.1) is 0 Å². The fourth-order valence-electron chi connectivity index (χ4n) is 11.3. The molecule has 79 heavy (non-hydrogen) atoms. The molecule has 0 bridgehead atoms. The van der Waals surface area contributed by atoms with Crippen LogP contribution in [-0.2, 0) is 20.1 Å². The van der Waals surface area contributed by atoms with Gasteiger partial charge in [-0.05, 0) is 146 Å². The van der Waals surface area contributed by atoms with E-state index in [0.29, 0.717) is 0 Å². The molecule has 14 aromatic rings. The maximum absolute atomic E-state index is 5.22. The van der Waals surface area contributed by atoms with Gasteiger partial charge in [0.25, 0.3) is 0 Å². The Morgan fingerprint density at radius 1 is 0.215 bits per heavy atom. The van der Waals surface area contributed by atoms with Gasteiger partial charge in [-0.15, -0.1) is 108 Å². The summed E-state index contributed by atoms with van der Waals surface area (Å²) in [5, 5.41) is 7.42. The van der Waals surface area contributed by atoms with E-state index in [2.05, 4.69) is 225 Å². The van der Waals surface area contributed by atoms with Gasteiger partial charge in [0.1, 0.15) is 0 Å². The number of rotatable bonds is 10. The van der Waals surface area contributed by atoms with E-state index in [1.165, 1.54) is 32.3 Å². The molecule has 0 saturated carbocycles. The monoisotopic (exact) mass is 1180 g/mol. The van der Waals surface area contributed by atoms with Gasteiger partial charge in [-0.2, -0.15) is 0 Å². The molecule has 0 unspecified atom stereocenters. The van der Waals surface area contributed by atoms with Gasteiger partial charge in [-0.1, -0.05) is 164 Å². The zero-order valence-electron chi connectivity index (χ0n) is 42.7. The van der Waals surface area contributed by atoms with Crippen molar-refractivity contribution in [1.29, 1.82) is 0 Å². The number of hydrogen-bond donors (Lipinski definition) is 0. The van der Waals surface area contributed by atoms with E-state index in [1.54, 1.807) is 0 Å². The van der Waals surface area contributed by atoms with Crippen LogP contribution >= 0.6 is 0 Å². The Labute approximate surface area is 473 Å². The summed E-state index contributed by atoms with van der Waals surface area (Å²) in [5.74, 6) is 0. The van der Waals surface area contributed by atoms with Crippen molar-refractivity contribution in [3.63, 3.8) is 0 Å². The molecular formula is C75H46IrN3. The van der Waals surface area contributed by atoms with E-state index in [9.17, 15) is 0 Å². The normalized spacial score (nSPS) is 11.2. The Bertz CT molecular complexity index is 4340. The van der Waals surface area contributed by atoms with Crippen LogP contribution in [0.25, 0.3) is 144 Å². The number of hydrogen-bond acceptors (Lipinski definition) is 3. The third-order valence-electron chi connectivity index (χ3n) is 15.0. The second-order valence-electron chi connectivity index (χ2n) is 19.6. The van der Waals surface area contributed by atoms with Crippen molar-refractivity contribution in [3.8, 4) is 112 Å². The van der Waals surface area contributed by atoms with Crippen molar-refractivity contribution in [3.05, 3.63) is 298 Å². The maximum atomic E-state index is 5.22. The summed E-state index contributed by atoms with van der Waals surface area (Å²) >= 11 is 0. The molecule has 11 aromatic carbocycles. The fourth-order valence-corrected chi connectivity index (χ4v) is 11.3. The quantitative estimate of drug-likeness (QED) is 0.101. The molecule has 3 nitrogen and oxygen atoms in total. The molecule has 3 heterocycles. The molecule has 0 aliphatic rings. The Hall–Kier alpha value is -9.70. The van der Waals surface area contributed by atoms with Gasteiger partial charge in [0.15, 0.2) is 0 Å². The zero-order valence-corrected chi connectivity index (χ0v) is 45.1. The smallest absolute Gasteiger partial charge is 0.304 e. The van der Waals surface area contributed by atoms with Crippen molar-refractivity contribution in [2.24, 2.45) is 0 Å². The maximum Gasteiger partial charge on any atom is 3.00 e. The zero-order chi connectivity index (χ0) is 51.8. The number of pyridine rings is 3. The van der Waals surface area contributed by atoms with Gasteiger partial charge in [0.2, 0.25) is 0 Å². The minimum Gasteiger partial charge on any atom is -0.304 e. The molecule has 0 radical (unpaired) electrons. The average molecular weight is 1180 g/mol. The molecule has 0 aliphatic carbocycles. The molecule has 4 heteroatoms. The summed E-state index contributed by atoms with van der Waals surface area (Å²) in [7, 11) is 0. The predicted octanol–water partition coefficient (Wildman–Crippen LogP) is 19.4. The molecule has 370 valence electrons. The summed E-state index contributed by atoms with van der Waals surface area (Å²) in [4.78, 5) is 15.1. The van der Waals surface area contributed by atoms with Crippen molar-refractivity contribution < 1.29 is 20.1 Å². The Morgan fingerprint density at radius 2 is 0.570 bits per heavy atom. The van der Waals surface area contributed by atoms with Crippen LogP contribution in [-0.4, -0.2) is 15.0 Å². The van der Waals surface area contributed by atoms with Gasteiger partial charge in [-0.3, -0.25) is 0 Å². The predicted molar refractivity (Wildman–Crippen MR) is 323 cm³/mol. The van der Waals surface area contributed by atoms with E-state index in [4.69, 9.17) is 15.0 Å². The van der Waals surface area contributed by atoms with Crippen LogP contribution in [0.4, 0.5) is 0 Å². The third-order valence-corrected chi connectivity index (χ3v) is 15.0. The first kappa shape index (κ1) is 48.9. The van der Waals surface area contributed by atoms with Crippen molar-refractivity contribution >= 4 is 32.3 Å². The molecule has 0 atom stereocenters. The first-order valence-electron chi connectivity index (χ1n) is 26.3. The summed E-state index contributed by atoms with van der Waals surface area (Å²) in [6.07, 6.45) is 6.03. The van der Waals surface area contributed by atoms with E-state index in [0.717, 1.165) is 112 Å². The van der Waals surface area contributed by atoms with Gasteiger partial charge >= 0.3 is 20.1 Å². The van der Waals surface area contributed by atoms with E-state index in [-0.39, 0.29) is 20.1 Å². The summed E-state index contributed by atoms with van der Waals surface area (Å²) < 4.78 is 0. The van der Waals surface area contributed by atoms with Crippen LogP contribution in [0, 0.1) is 18.2 Å². The standard InChI is InChI=1S/C75H46N3.Ir/c1-4-20-50(21-5-1)73-40-37-54(47-76-73)59-26-10-12-28-61(59)56-42-57(62-29-13-11-27-60(62)55-38-41-74(77-48-55)51-22-6-2-7-23-51)44-58(43-56)63-30-14-15-31-64(63)72-49-78-75(52-24-8-3-9-25-52)46-70(72)53-36-39-69-67-34-17-16-32-65(67)66-33-18-19-35-68(66)71(69)45-53;/h1-20,22,24,26-49H;/q-3;+3. The van der Waals surface area contributed by atoms with Crippen LogP contribution in [0.3, 0.4) is 0 Å². The number of benzene rings is 11. The molecule has 0 N–H and O–H groups in total. The second kappa shape index (κ2) is 21.4. The van der Waals surface area contributed by atoms with Crippen LogP contribution < -0.4 is 0 Å². The molecule has 0 amide bonds.